The average Bonchev–Trinajstić information content (AvgIpc) is 2.66. The van der Waals surface area contributed by atoms with Crippen LogP contribution in [0.3, 0.4) is 0 Å². The molecule has 1 aliphatic heterocycles. The fourth-order valence-corrected chi connectivity index (χ4v) is 3.42. The van der Waals surface area contributed by atoms with Crippen LogP contribution in [0.15, 0.2) is 64.0 Å². The van der Waals surface area contributed by atoms with Gasteiger partial charge >= 0.3 is 0 Å². The Hall–Kier alpha value is -2.66. The summed E-state index contributed by atoms with van der Waals surface area (Å²) in [6, 6.07) is 14.0. The van der Waals surface area contributed by atoms with Crippen LogP contribution in [-0.2, 0) is 6.54 Å². The van der Waals surface area contributed by atoms with E-state index in [1.165, 1.54) is 17.0 Å². The molecule has 1 fully saturated rings. The number of halogens is 1. The van der Waals surface area contributed by atoms with Crippen molar-refractivity contribution in [3.05, 3.63) is 76.4 Å². The summed E-state index contributed by atoms with van der Waals surface area (Å²) in [7, 11) is 0. The Bertz CT molecular complexity index is 928. The quantitative estimate of drug-likeness (QED) is 0.791. The van der Waals surface area contributed by atoms with Gasteiger partial charge in [-0.2, -0.15) is 0 Å². The van der Waals surface area contributed by atoms with Gasteiger partial charge in [0, 0.05) is 5.69 Å². The number of anilines is 1. The Morgan fingerprint density at radius 2 is 1.76 bits per heavy atom. The van der Waals surface area contributed by atoms with Gasteiger partial charge in [0.05, 0.1) is 37.1 Å². The maximum Gasteiger partial charge on any atom is 0.201 e. The lowest BCUT2D eigenvalue weighted by Gasteiger charge is -2.33. The molecule has 0 aliphatic carbocycles. The van der Waals surface area contributed by atoms with Gasteiger partial charge in [0.25, 0.3) is 0 Å². The van der Waals surface area contributed by atoms with Crippen LogP contribution in [0.4, 0.5) is 10.1 Å². The summed E-state index contributed by atoms with van der Waals surface area (Å²) < 4.78 is 18.7. The predicted octanol–water partition coefficient (Wildman–Crippen LogP) is 1.84. The van der Waals surface area contributed by atoms with Crippen molar-refractivity contribution in [3.63, 3.8) is 0 Å². The van der Waals surface area contributed by atoms with Crippen LogP contribution in [0, 0.1) is 5.82 Å². The lowest BCUT2D eigenvalue weighted by Crippen LogP contribution is -3.13. The van der Waals surface area contributed by atoms with Crippen LogP contribution in [0.5, 0.6) is 0 Å². The molecule has 1 aliphatic rings. The highest BCUT2D eigenvalue weighted by Crippen LogP contribution is 2.14. The third-order valence-corrected chi connectivity index (χ3v) is 4.85. The molecule has 2 heterocycles. The molecule has 0 unspecified atom stereocenters. The number of nitrogens with zero attached hydrogens (tertiary/aromatic N) is 1. The highest BCUT2D eigenvalue weighted by atomic mass is 19.1. The monoisotopic (exact) mass is 339 g/mol. The van der Waals surface area contributed by atoms with Gasteiger partial charge in [0.15, 0.2) is 0 Å². The molecular weight excluding hydrogens is 319 g/mol. The van der Waals surface area contributed by atoms with Gasteiger partial charge in [0.2, 0.25) is 5.43 Å². The van der Waals surface area contributed by atoms with Crippen LogP contribution < -0.4 is 15.2 Å². The fraction of sp³-hybridized carbons (Fsp3) is 0.250. The number of fused-ring (bicyclic) bond motifs is 1. The number of piperazine rings is 1. The molecule has 0 bridgehead atoms. The molecule has 4 nitrogen and oxygen atoms in total. The van der Waals surface area contributed by atoms with Crippen molar-refractivity contribution >= 4 is 16.7 Å². The zero-order chi connectivity index (χ0) is 17.2. The largest absolute Gasteiger partial charge is 0.464 e. The van der Waals surface area contributed by atoms with Crippen LogP contribution in [-0.4, -0.2) is 26.2 Å². The number of hydrogen-bond donors (Lipinski definition) is 1. The second-order valence-electron chi connectivity index (χ2n) is 6.48. The van der Waals surface area contributed by atoms with Crippen LogP contribution in [0.25, 0.3) is 11.0 Å². The minimum atomic E-state index is -0.212. The van der Waals surface area contributed by atoms with Crippen molar-refractivity contribution in [3.8, 4) is 0 Å². The van der Waals surface area contributed by atoms with Crippen molar-refractivity contribution < 1.29 is 13.7 Å². The minimum Gasteiger partial charge on any atom is -0.464 e. The third kappa shape index (κ3) is 3.28. The van der Waals surface area contributed by atoms with Crippen molar-refractivity contribution in [1.29, 1.82) is 0 Å². The van der Waals surface area contributed by atoms with Gasteiger partial charge in [-0.1, -0.05) is 12.1 Å². The van der Waals surface area contributed by atoms with Crippen LogP contribution in [0.2, 0.25) is 0 Å². The molecule has 4 rings (SSSR count). The van der Waals surface area contributed by atoms with Gasteiger partial charge in [0.1, 0.15) is 24.2 Å². The molecule has 0 atom stereocenters. The zero-order valence-corrected chi connectivity index (χ0v) is 13.9. The lowest BCUT2D eigenvalue weighted by molar-refractivity contribution is -0.914. The van der Waals surface area contributed by atoms with Gasteiger partial charge < -0.3 is 14.2 Å². The summed E-state index contributed by atoms with van der Waals surface area (Å²) in [6.07, 6.45) is 1.60. The molecule has 0 spiro atoms. The third-order valence-electron chi connectivity index (χ3n) is 4.85. The van der Waals surface area contributed by atoms with E-state index in [2.05, 4.69) is 4.90 Å². The first-order valence-corrected chi connectivity index (χ1v) is 8.54. The van der Waals surface area contributed by atoms with Gasteiger partial charge in [-0.25, -0.2) is 4.39 Å². The van der Waals surface area contributed by atoms with Gasteiger partial charge in [-0.05, 0) is 36.4 Å². The zero-order valence-electron chi connectivity index (χ0n) is 13.9. The van der Waals surface area contributed by atoms with E-state index in [-0.39, 0.29) is 11.2 Å². The second kappa shape index (κ2) is 6.69. The molecule has 128 valence electrons. The summed E-state index contributed by atoms with van der Waals surface area (Å²) in [6.45, 7) is 4.32. The highest BCUT2D eigenvalue weighted by Gasteiger charge is 2.22. The van der Waals surface area contributed by atoms with Crippen molar-refractivity contribution in [2.45, 2.75) is 6.54 Å². The smallest absolute Gasteiger partial charge is 0.201 e. The summed E-state index contributed by atoms with van der Waals surface area (Å²) in [4.78, 5) is 16.2. The maximum absolute atomic E-state index is 13.0. The van der Waals surface area contributed by atoms with E-state index in [1.54, 1.807) is 6.26 Å². The summed E-state index contributed by atoms with van der Waals surface area (Å²) in [5, 5.41) is 0.643. The first kappa shape index (κ1) is 15.8. The predicted molar refractivity (Wildman–Crippen MR) is 95.5 cm³/mol. The minimum absolute atomic E-state index is 0.0651. The Labute approximate surface area is 145 Å². The summed E-state index contributed by atoms with van der Waals surface area (Å²) in [5.41, 5.74) is 2.47. The fourth-order valence-electron chi connectivity index (χ4n) is 3.42. The van der Waals surface area contributed by atoms with Crippen LogP contribution in [0.1, 0.15) is 5.56 Å². The Morgan fingerprint density at radius 1 is 1.04 bits per heavy atom. The van der Waals surface area contributed by atoms with E-state index < -0.39 is 0 Å². The highest BCUT2D eigenvalue weighted by molar-refractivity contribution is 5.76. The molecule has 5 heteroatoms. The molecule has 1 aromatic heterocycles. The van der Waals surface area contributed by atoms with E-state index in [9.17, 15) is 9.18 Å². The number of benzene rings is 2. The molecule has 25 heavy (non-hydrogen) atoms. The Morgan fingerprint density at radius 3 is 2.52 bits per heavy atom. The normalized spacial score (nSPS) is 15.6. The van der Waals surface area contributed by atoms with Crippen molar-refractivity contribution in [2.24, 2.45) is 0 Å². The number of nitrogens with one attached hydrogen (secondary N) is 1. The Balaban J connectivity index is 1.44. The second-order valence-corrected chi connectivity index (χ2v) is 6.48. The van der Waals surface area contributed by atoms with E-state index in [1.807, 2.05) is 36.4 Å². The topological polar surface area (TPSA) is 37.9 Å². The lowest BCUT2D eigenvalue weighted by atomic mass is 10.1. The first-order valence-electron chi connectivity index (χ1n) is 8.54. The molecule has 0 saturated carbocycles. The molecule has 1 saturated heterocycles. The number of quaternary nitrogens is 1. The van der Waals surface area contributed by atoms with Crippen molar-refractivity contribution in [2.75, 3.05) is 31.1 Å². The molecule has 0 amide bonds. The summed E-state index contributed by atoms with van der Waals surface area (Å²) >= 11 is 0. The standard InChI is InChI=1S/C20H19FN2O2/c21-16-5-7-17(8-6-16)23-11-9-22(10-12-23)13-15-14-25-19-4-2-1-3-18(19)20(15)24/h1-8,14H,9-13H2/p+1. The molecule has 0 radical (unpaired) electrons. The van der Waals surface area contributed by atoms with Crippen molar-refractivity contribution in [1.82, 2.24) is 0 Å². The van der Waals surface area contributed by atoms with Gasteiger partial charge in [-0.3, -0.25) is 4.79 Å². The van der Waals surface area contributed by atoms with Gasteiger partial charge in [-0.15, -0.1) is 0 Å². The Kier molecular flexibility index (Phi) is 4.24. The van der Waals surface area contributed by atoms with E-state index >= 15 is 0 Å². The molecule has 2 aromatic carbocycles. The van der Waals surface area contributed by atoms with E-state index in [0.29, 0.717) is 17.5 Å². The first-order chi connectivity index (χ1) is 12.2. The average molecular weight is 339 g/mol. The summed E-state index contributed by atoms with van der Waals surface area (Å²) in [5.74, 6) is -0.212. The van der Waals surface area contributed by atoms with Crippen LogP contribution >= 0.6 is 0 Å². The van der Waals surface area contributed by atoms with E-state index in [4.69, 9.17) is 4.42 Å². The molecule has 3 aromatic rings. The molecule has 1 N–H and O–H groups in total. The SMILES string of the molecule is O=c1c(C[NH+]2CCN(c3ccc(F)cc3)CC2)coc2ccccc12. The number of para-hydroxylation sites is 1. The molecular formula is C20H20FN2O2+. The number of hydrogen-bond acceptors (Lipinski definition) is 3. The number of rotatable bonds is 3. The van der Waals surface area contributed by atoms with E-state index in [0.717, 1.165) is 37.4 Å². The maximum atomic E-state index is 13.0.